The third kappa shape index (κ3) is 1.84. The number of aliphatic hydroxyl groups is 1. The zero-order valence-corrected chi connectivity index (χ0v) is 12.0. The number of esters is 1. The van der Waals surface area contributed by atoms with E-state index in [0.29, 0.717) is 12.0 Å². The van der Waals surface area contributed by atoms with Gasteiger partial charge in [0.1, 0.15) is 11.7 Å². The molecule has 4 rings (SSSR count). The van der Waals surface area contributed by atoms with Gasteiger partial charge in [-0.15, -0.1) is 0 Å². The first-order valence-corrected chi connectivity index (χ1v) is 6.99. The number of ether oxygens (including phenoxy) is 1. The van der Waals surface area contributed by atoms with Gasteiger partial charge in [0.05, 0.1) is 0 Å². The van der Waals surface area contributed by atoms with E-state index in [0.717, 1.165) is 6.42 Å². The fourth-order valence-corrected chi connectivity index (χ4v) is 3.36. The molecule has 0 amide bonds. The van der Waals surface area contributed by atoms with E-state index in [-0.39, 0.29) is 17.4 Å². The number of fused-ring (bicyclic) bond motifs is 2. The molecule has 5 heteroatoms. The summed E-state index contributed by atoms with van der Waals surface area (Å²) in [6.45, 7) is 6.31. The molecular weight excluding hydrogens is 260 g/mol. The molecule has 5 atom stereocenters. The summed E-state index contributed by atoms with van der Waals surface area (Å²) in [6.07, 6.45) is 5.77. The molecule has 0 radical (unpaired) electrons. The average Bonchev–Trinajstić information content (AvgIpc) is 2.72. The predicted molar refractivity (Wildman–Crippen MR) is 70.2 cm³/mol. The molecule has 0 aromatic heterocycles. The molecule has 2 bridgehead atoms. The summed E-state index contributed by atoms with van der Waals surface area (Å²) in [6, 6.07) is 0. The van der Waals surface area contributed by atoms with Gasteiger partial charge in [-0.2, -0.15) is 0 Å². The standard InChI is InChI=1S/C15H20O5/c1-9-11-5-7-15(3,20-19-11)14(9,2)6-4-10-8-12(16)18-13(10)17/h5,7-9,11-12,16H,4,6H2,1-3H3/t9-,11+,12?,14+,15-/m1/s1. The molecule has 5 nitrogen and oxygen atoms in total. The van der Waals surface area contributed by atoms with Crippen molar-refractivity contribution >= 4 is 5.97 Å². The smallest absolute Gasteiger partial charge is 0.336 e. The van der Waals surface area contributed by atoms with E-state index in [2.05, 4.69) is 19.9 Å². The van der Waals surface area contributed by atoms with Crippen molar-refractivity contribution in [1.29, 1.82) is 0 Å². The van der Waals surface area contributed by atoms with Gasteiger partial charge in [-0.1, -0.05) is 26.0 Å². The van der Waals surface area contributed by atoms with Crippen LogP contribution in [0.1, 0.15) is 33.6 Å². The highest BCUT2D eigenvalue weighted by atomic mass is 17.2. The van der Waals surface area contributed by atoms with Crippen LogP contribution in [0.15, 0.2) is 23.8 Å². The Bertz CT molecular complexity index is 496. The zero-order valence-electron chi connectivity index (χ0n) is 12.0. The summed E-state index contributed by atoms with van der Waals surface area (Å²) in [5, 5.41) is 9.30. The van der Waals surface area contributed by atoms with Crippen molar-refractivity contribution in [2.24, 2.45) is 11.3 Å². The van der Waals surface area contributed by atoms with Crippen molar-refractivity contribution in [3.05, 3.63) is 23.8 Å². The Morgan fingerprint density at radius 1 is 1.40 bits per heavy atom. The molecule has 0 aromatic rings. The second kappa shape index (κ2) is 4.41. The lowest BCUT2D eigenvalue weighted by Crippen LogP contribution is -2.59. The molecule has 3 heterocycles. The monoisotopic (exact) mass is 280 g/mol. The number of hydrogen-bond donors (Lipinski definition) is 1. The van der Waals surface area contributed by atoms with Crippen molar-refractivity contribution in [2.45, 2.75) is 51.6 Å². The Morgan fingerprint density at radius 2 is 2.15 bits per heavy atom. The summed E-state index contributed by atoms with van der Waals surface area (Å²) >= 11 is 0. The van der Waals surface area contributed by atoms with Gasteiger partial charge < -0.3 is 9.84 Å². The third-order valence-corrected chi connectivity index (χ3v) is 5.32. The van der Waals surface area contributed by atoms with Crippen LogP contribution >= 0.6 is 0 Å². The van der Waals surface area contributed by atoms with E-state index in [1.807, 2.05) is 13.0 Å². The molecule has 4 aliphatic rings. The summed E-state index contributed by atoms with van der Waals surface area (Å²) in [5.41, 5.74) is -0.0943. The predicted octanol–water partition coefficient (Wildman–Crippen LogP) is 1.87. The normalized spacial score (nSPS) is 46.5. The maximum absolute atomic E-state index is 11.6. The van der Waals surface area contributed by atoms with Gasteiger partial charge in [-0.3, -0.25) is 0 Å². The van der Waals surface area contributed by atoms with Crippen molar-refractivity contribution in [1.82, 2.24) is 0 Å². The van der Waals surface area contributed by atoms with Crippen LogP contribution < -0.4 is 0 Å². The van der Waals surface area contributed by atoms with Crippen LogP contribution in [-0.4, -0.2) is 29.1 Å². The highest BCUT2D eigenvalue weighted by Gasteiger charge is 2.57. The molecule has 1 N–H and O–H groups in total. The van der Waals surface area contributed by atoms with Gasteiger partial charge in [-0.25, -0.2) is 14.6 Å². The minimum atomic E-state index is -1.10. The molecular formula is C15H20O5. The van der Waals surface area contributed by atoms with E-state index in [1.165, 1.54) is 6.08 Å². The maximum Gasteiger partial charge on any atom is 0.336 e. The number of aliphatic hydroxyl groups excluding tert-OH is 1. The Hall–Kier alpha value is -1.17. The Labute approximate surface area is 118 Å². The van der Waals surface area contributed by atoms with Gasteiger partial charge >= 0.3 is 5.97 Å². The van der Waals surface area contributed by atoms with Crippen molar-refractivity contribution < 1.29 is 24.4 Å². The van der Waals surface area contributed by atoms with Gasteiger partial charge in [0, 0.05) is 11.0 Å². The second-order valence-electron chi connectivity index (χ2n) is 6.30. The molecule has 20 heavy (non-hydrogen) atoms. The van der Waals surface area contributed by atoms with Gasteiger partial charge in [-0.05, 0) is 31.8 Å². The average molecular weight is 280 g/mol. The molecule has 0 saturated carbocycles. The second-order valence-corrected chi connectivity index (χ2v) is 6.30. The summed E-state index contributed by atoms with van der Waals surface area (Å²) in [4.78, 5) is 22.5. The fourth-order valence-electron chi connectivity index (χ4n) is 3.36. The van der Waals surface area contributed by atoms with Gasteiger partial charge in [0.25, 0.3) is 0 Å². The van der Waals surface area contributed by atoms with Crippen LogP contribution in [0.3, 0.4) is 0 Å². The summed E-state index contributed by atoms with van der Waals surface area (Å²) in [7, 11) is 0. The molecule has 0 spiro atoms. The quantitative estimate of drug-likeness (QED) is 0.486. The molecule has 110 valence electrons. The number of carbonyl (C=O) groups is 1. The van der Waals surface area contributed by atoms with Crippen molar-refractivity contribution in [3.8, 4) is 0 Å². The Balaban J connectivity index is 1.78. The lowest BCUT2D eigenvalue weighted by atomic mass is 9.58. The fraction of sp³-hybridized carbons (Fsp3) is 0.667. The van der Waals surface area contributed by atoms with Gasteiger partial charge in [0.2, 0.25) is 6.29 Å². The van der Waals surface area contributed by atoms with Crippen LogP contribution in [0.2, 0.25) is 0 Å². The maximum atomic E-state index is 11.6. The number of hydrogen-bond acceptors (Lipinski definition) is 5. The van der Waals surface area contributed by atoms with E-state index >= 15 is 0 Å². The van der Waals surface area contributed by atoms with Crippen LogP contribution in [0, 0.1) is 11.3 Å². The molecule has 1 aliphatic carbocycles. The Morgan fingerprint density at radius 3 is 2.65 bits per heavy atom. The first-order chi connectivity index (χ1) is 9.36. The SMILES string of the molecule is C[C@@H]1[C@@H]2C=C[C@@](C)(OO2)[C@@]1(C)CCC1=CC(O)OC1=O. The van der Waals surface area contributed by atoms with E-state index < -0.39 is 17.9 Å². The number of carbonyl (C=O) groups excluding carboxylic acids is 1. The third-order valence-electron chi connectivity index (χ3n) is 5.32. The van der Waals surface area contributed by atoms with E-state index in [1.54, 1.807) is 0 Å². The topological polar surface area (TPSA) is 65.0 Å². The Kier molecular flexibility index (Phi) is 3.04. The lowest BCUT2D eigenvalue weighted by molar-refractivity contribution is -0.437. The largest absolute Gasteiger partial charge is 0.429 e. The van der Waals surface area contributed by atoms with E-state index in [4.69, 9.17) is 14.5 Å². The zero-order chi connectivity index (χ0) is 14.5. The molecule has 1 fully saturated rings. The minimum absolute atomic E-state index is 0.0445. The number of rotatable bonds is 3. The minimum Gasteiger partial charge on any atom is -0.429 e. The van der Waals surface area contributed by atoms with Crippen LogP contribution in [0.5, 0.6) is 0 Å². The molecule has 3 aliphatic heterocycles. The first kappa shape index (κ1) is 13.8. The molecule has 1 saturated heterocycles. The highest BCUT2D eigenvalue weighted by Crippen LogP contribution is 2.54. The lowest BCUT2D eigenvalue weighted by Gasteiger charge is -2.56. The van der Waals surface area contributed by atoms with Crippen LogP contribution in [-0.2, 0) is 19.3 Å². The number of cyclic esters (lactones) is 1. The summed E-state index contributed by atoms with van der Waals surface area (Å²) in [5.74, 6) is -0.137. The van der Waals surface area contributed by atoms with Gasteiger partial charge in [0.15, 0.2) is 0 Å². The van der Waals surface area contributed by atoms with E-state index in [9.17, 15) is 9.90 Å². The van der Waals surface area contributed by atoms with Crippen molar-refractivity contribution in [2.75, 3.05) is 0 Å². The first-order valence-electron chi connectivity index (χ1n) is 6.99. The summed E-state index contributed by atoms with van der Waals surface area (Å²) < 4.78 is 4.71. The molecule has 0 aromatic carbocycles. The molecule has 1 unspecified atom stereocenters. The van der Waals surface area contributed by atoms with Crippen LogP contribution in [0.4, 0.5) is 0 Å². The van der Waals surface area contributed by atoms with Crippen LogP contribution in [0.25, 0.3) is 0 Å². The highest BCUT2D eigenvalue weighted by molar-refractivity contribution is 5.90. The van der Waals surface area contributed by atoms with Crippen molar-refractivity contribution in [3.63, 3.8) is 0 Å².